The molecule has 0 saturated carbocycles. The van der Waals surface area contributed by atoms with Gasteiger partial charge in [0, 0.05) is 29.6 Å². The number of halogens is 1. The second kappa shape index (κ2) is 8.63. The van der Waals surface area contributed by atoms with Crippen molar-refractivity contribution < 1.29 is 23.1 Å². The molecular weight excluding hydrogens is 413 g/mol. The molecule has 4 rings (SSSR count). The average molecular weight is 433 g/mol. The van der Waals surface area contributed by atoms with Crippen LogP contribution < -0.4 is 5.43 Å². The van der Waals surface area contributed by atoms with Gasteiger partial charge in [-0.2, -0.15) is 0 Å². The number of ether oxygens (including phenoxy) is 1. The molecule has 162 valence electrons. The van der Waals surface area contributed by atoms with Gasteiger partial charge in [0.1, 0.15) is 11.4 Å². The molecule has 2 aromatic carbocycles. The van der Waals surface area contributed by atoms with E-state index in [4.69, 9.17) is 9.15 Å². The molecule has 0 atom stereocenters. The Hall–Kier alpha value is -4.00. The van der Waals surface area contributed by atoms with Crippen LogP contribution in [0.3, 0.4) is 0 Å². The Morgan fingerprint density at radius 1 is 1.03 bits per heavy atom. The first-order valence-corrected chi connectivity index (χ1v) is 9.98. The normalized spacial score (nSPS) is 11.0. The maximum absolute atomic E-state index is 13.1. The van der Waals surface area contributed by atoms with Crippen LogP contribution in [0, 0.1) is 19.7 Å². The van der Waals surface area contributed by atoms with Gasteiger partial charge in [0.2, 0.25) is 11.5 Å². The largest absolute Gasteiger partial charge is 0.451 e. The number of Topliss-reactive ketones (excluding diaryl/α,β-unsaturated/α-hetero) is 1. The van der Waals surface area contributed by atoms with E-state index in [1.54, 1.807) is 49.4 Å². The third-order valence-electron chi connectivity index (χ3n) is 5.30. The molecule has 0 radical (unpaired) electrons. The first-order valence-electron chi connectivity index (χ1n) is 9.98. The van der Waals surface area contributed by atoms with Crippen LogP contribution in [0.5, 0.6) is 0 Å². The van der Waals surface area contributed by atoms with Crippen molar-refractivity contribution in [2.45, 2.75) is 20.4 Å². The van der Waals surface area contributed by atoms with Crippen molar-refractivity contribution in [2.24, 2.45) is 0 Å². The van der Waals surface area contributed by atoms with E-state index < -0.39 is 12.6 Å². The number of esters is 1. The number of nitrogens with zero attached hydrogens (tertiary/aromatic N) is 1. The smallest absolute Gasteiger partial charge is 0.374 e. The van der Waals surface area contributed by atoms with Crippen molar-refractivity contribution in [3.8, 4) is 0 Å². The minimum Gasteiger partial charge on any atom is -0.451 e. The monoisotopic (exact) mass is 433 g/mol. The van der Waals surface area contributed by atoms with E-state index in [1.165, 1.54) is 12.1 Å². The fraction of sp³-hybridized carbons (Fsp3) is 0.160. The zero-order valence-corrected chi connectivity index (χ0v) is 17.6. The highest BCUT2D eigenvalue weighted by Crippen LogP contribution is 2.19. The molecule has 2 aromatic heterocycles. The quantitative estimate of drug-likeness (QED) is 0.332. The van der Waals surface area contributed by atoms with E-state index in [0.717, 1.165) is 17.3 Å². The van der Waals surface area contributed by atoms with Gasteiger partial charge in [0.25, 0.3) is 0 Å². The minimum atomic E-state index is -0.888. The fourth-order valence-electron chi connectivity index (χ4n) is 3.58. The third-order valence-corrected chi connectivity index (χ3v) is 5.30. The van der Waals surface area contributed by atoms with Gasteiger partial charge in [-0.05, 0) is 49.7 Å². The molecule has 0 saturated heterocycles. The molecule has 0 aliphatic carbocycles. The van der Waals surface area contributed by atoms with Crippen LogP contribution in [-0.4, -0.2) is 22.9 Å². The number of fused-ring (bicyclic) bond motifs is 1. The first kappa shape index (κ1) is 21.2. The molecule has 0 amide bonds. The summed E-state index contributed by atoms with van der Waals surface area (Å²) in [7, 11) is 0. The summed E-state index contributed by atoms with van der Waals surface area (Å²) in [6.07, 6.45) is 0. The Balaban J connectivity index is 1.48. The molecule has 4 aromatic rings. The van der Waals surface area contributed by atoms with Crippen molar-refractivity contribution in [3.05, 3.63) is 105 Å². The number of aromatic nitrogens is 1. The van der Waals surface area contributed by atoms with Gasteiger partial charge < -0.3 is 13.7 Å². The number of ketones is 1. The zero-order chi connectivity index (χ0) is 22.8. The van der Waals surface area contributed by atoms with Crippen LogP contribution in [0.25, 0.3) is 11.0 Å². The average Bonchev–Trinajstić information content (AvgIpc) is 3.07. The van der Waals surface area contributed by atoms with E-state index in [9.17, 15) is 18.8 Å². The minimum absolute atomic E-state index is 0.261. The molecule has 0 spiro atoms. The van der Waals surface area contributed by atoms with Gasteiger partial charge in [0.15, 0.2) is 12.0 Å². The molecule has 0 aliphatic rings. The molecule has 0 unspecified atom stereocenters. The van der Waals surface area contributed by atoms with Crippen LogP contribution in [0.4, 0.5) is 4.39 Å². The van der Waals surface area contributed by atoms with E-state index in [0.29, 0.717) is 23.2 Å². The summed E-state index contributed by atoms with van der Waals surface area (Å²) < 4.78 is 25.6. The maximum Gasteiger partial charge on any atom is 0.374 e. The second-order valence-electron chi connectivity index (χ2n) is 7.47. The standard InChI is InChI=1S/C25H20FNO5/c1-15-11-20(16(2)27(15)13-17-7-9-18(26)10-8-17)22(29)14-31-25(30)24-12-21(28)19-5-3-4-6-23(19)32-24/h3-12H,13-14H2,1-2H3. The highest BCUT2D eigenvalue weighted by Gasteiger charge is 2.20. The molecule has 6 nitrogen and oxygen atoms in total. The number of carbonyl (C=O) groups is 2. The number of para-hydroxylation sites is 1. The summed E-state index contributed by atoms with van der Waals surface area (Å²) in [5.41, 5.74) is 2.78. The zero-order valence-electron chi connectivity index (χ0n) is 17.6. The number of aryl methyl sites for hydroxylation is 1. The van der Waals surface area contributed by atoms with E-state index in [-0.39, 0.29) is 28.4 Å². The van der Waals surface area contributed by atoms with Gasteiger partial charge in [-0.15, -0.1) is 0 Å². The van der Waals surface area contributed by atoms with Crippen molar-refractivity contribution in [2.75, 3.05) is 6.61 Å². The lowest BCUT2D eigenvalue weighted by molar-refractivity contribution is 0.0444. The topological polar surface area (TPSA) is 78.5 Å². The van der Waals surface area contributed by atoms with Crippen molar-refractivity contribution >= 4 is 22.7 Å². The van der Waals surface area contributed by atoms with E-state index in [1.807, 2.05) is 11.5 Å². The Morgan fingerprint density at radius 2 is 1.75 bits per heavy atom. The SMILES string of the molecule is Cc1cc(C(=O)COC(=O)c2cc(=O)c3ccccc3o2)c(C)n1Cc1ccc(F)cc1. The predicted molar refractivity (Wildman–Crippen MR) is 117 cm³/mol. The van der Waals surface area contributed by atoms with Crippen LogP contribution in [0.15, 0.2) is 69.9 Å². The third kappa shape index (κ3) is 4.23. The lowest BCUT2D eigenvalue weighted by Gasteiger charge is -2.10. The van der Waals surface area contributed by atoms with Crippen LogP contribution in [0.2, 0.25) is 0 Å². The van der Waals surface area contributed by atoms with Crippen molar-refractivity contribution in [1.82, 2.24) is 4.57 Å². The van der Waals surface area contributed by atoms with Crippen LogP contribution in [0.1, 0.15) is 37.9 Å². The number of carbonyl (C=O) groups excluding carboxylic acids is 2. The van der Waals surface area contributed by atoms with Gasteiger partial charge in [-0.25, -0.2) is 9.18 Å². The van der Waals surface area contributed by atoms with Gasteiger partial charge >= 0.3 is 5.97 Å². The number of hydrogen-bond acceptors (Lipinski definition) is 5. The summed E-state index contributed by atoms with van der Waals surface area (Å²) in [5.74, 6) is -1.83. The van der Waals surface area contributed by atoms with Crippen LogP contribution >= 0.6 is 0 Å². The summed E-state index contributed by atoms with van der Waals surface area (Å²) in [5, 5.41) is 0.355. The molecule has 0 N–H and O–H groups in total. The molecular formula is C25H20FNO5. The highest BCUT2D eigenvalue weighted by molar-refractivity contribution is 6.00. The molecule has 32 heavy (non-hydrogen) atoms. The summed E-state index contributed by atoms with van der Waals surface area (Å²) >= 11 is 0. The Labute approximate surface area is 182 Å². The number of rotatable bonds is 6. The second-order valence-corrected chi connectivity index (χ2v) is 7.47. The number of hydrogen-bond donors (Lipinski definition) is 0. The fourth-order valence-corrected chi connectivity index (χ4v) is 3.58. The van der Waals surface area contributed by atoms with E-state index in [2.05, 4.69) is 0 Å². The Kier molecular flexibility index (Phi) is 5.73. The van der Waals surface area contributed by atoms with Crippen molar-refractivity contribution in [3.63, 3.8) is 0 Å². The summed E-state index contributed by atoms with van der Waals surface area (Å²) in [4.78, 5) is 37.2. The van der Waals surface area contributed by atoms with E-state index >= 15 is 0 Å². The van der Waals surface area contributed by atoms with Gasteiger partial charge in [-0.1, -0.05) is 24.3 Å². The highest BCUT2D eigenvalue weighted by atomic mass is 19.1. The lowest BCUT2D eigenvalue weighted by atomic mass is 10.1. The molecule has 0 fully saturated rings. The molecule has 0 aliphatic heterocycles. The molecule has 2 heterocycles. The summed E-state index contributed by atoms with van der Waals surface area (Å²) in [6.45, 7) is 3.65. The maximum atomic E-state index is 13.1. The van der Waals surface area contributed by atoms with Crippen molar-refractivity contribution in [1.29, 1.82) is 0 Å². The predicted octanol–water partition coefficient (Wildman–Crippen LogP) is 4.44. The Morgan fingerprint density at radius 3 is 2.50 bits per heavy atom. The summed E-state index contributed by atoms with van der Waals surface area (Å²) in [6, 6.07) is 15.5. The lowest BCUT2D eigenvalue weighted by Crippen LogP contribution is -2.16. The van der Waals surface area contributed by atoms with Gasteiger partial charge in [0.05, 0.1) is 5.39 Å². The van der Waals surface area contributed by atoms with Crippen LogP contribution in [-0.2, 0) is 11.3 Å². The Bertz CT molecular complexity index is 1380. The molecule has 7 heteroatoms. The van der Waals surface area contributed by atoms with Gasteiger partial charge in [-0.3, -0.25) is 9.59 Å². The molecule has 0 bridgehead atoms. The first-order chi connectivity index (χ1) is 15.3. The number of benzene rings is 2.